The molecule has 0 radical (unpaired) electrons. The Hall–Kier alpha value is -3.46. The quantitative estimate of drug-likeness (QED) is 0.199. The molecular weight excluding hydrogens is 554 g/mol. The number of halogens is 2. The van der Waals surface area contributed by atoms with Gasteiger partial charge in [0.05, 0.1) is 20.6 Å². The van der Waals surface area contributed by atoms with Crippen LogP contribution in [0.3, 0.4) is 0 Å². The Morgan fingerprint density at radius 1 is 0.771 bits per heavy atom. The predicted octanol–water partition coefficient (Wildman–Crippen LogP) is 6.36. The molecule has 0 unspecified atom stereocenters. The molecule has 4 rings (SSSR count). The fraction of sp³-hybridized carbons (Fsp3) is 0. The van der Waals surface area contributed by atoms with Crippen molar-refractivity contribution in [1.82, 2.24) is 0 Å². The number of carbonyl (C=O) groups excluding carboxylic acids is 2. The molecule has 0 aliphatic carbocycles. The summed E-state index contributed by atoms with van der Waals surface area (Å²) in [7, 11) is -4.32. The predicted molar refractivity (Wildman–Crippen MR) is 137 cm³/mol. The molecule has 0 aliphatic rings. The van der Waals surface area contributed by atoms with Crippen LogP contribution in [-0.4, -0.2) is 20.3 Å². The third-order valence-corrected chi connectivity index (χ3v) is 7.52. The van der Waals surface area contributed by atoms with E-state index >= 15 is 0 Å². The van der Waals surface area contributed by atoms with E-state index in [0.717, 1.165) is 0 Å². The molecule has 176 valence electrons. The Morgan fingerprint density at radius 2 is 1.34 bits per heavy atom. The molecule has 0 aromatic heterocycles. The van der Waals surface area contributed by atoms with Gasteiger partial charge in [-0.15, -0.1) is 0 Å². The van der Waals surface area contributed by atoms with Gasteiger partial charge in [0.25, 0.3) is 15.9 Å². The van der Waals surface area contributed by atoms with Crippen LogP contribution in [0.2, 0.25) is 5.02 Å². The van der Waals surface area contributed by atoms with Gasteiger partial charge in [-0.05, 0) is 82.7 Å². The first kappa shape index (κ1) is 24.7. The number of esters is 1. The van der Waals surface area contributed by atoms with Crippen LogP contribution < -0.4 is 9.04 Å². The summed E-state index contributed by atoms with van der Waals surface area (Å²) in [5.74, 6) is -1.16. The summed E-state index contributed by atoms with van der Waals surface area (Å²) in [4.78, 5) is 25.7. The van der Waals surface area contributed by atoms with Gasteiger partial charge in [0, 0.05) is 10.6 Å². The molecule has 0 bridgehead atoms. The highest BCUT2D eigenvalue weighted by atomic mass is 79.9. The minimum Gasteiger partial charge on any atom is -0.422 e. The second-order valence-corrected chi connectivity index (χ2v) is 10.3. The smallest absolute Gasteiger partial charge is 0.343 e. The van der Waals surface area contributed by atoms with Gasteiger partial charge in [0.15, 0.2) is 0 Å². The first-order chi connectivity index (χ1) is 16.8. The molecule has 0 atom stereocenters. The Morgan fingerprint density at radius 3 is 1.91 bits per heavy atom. The molecule has 0 saturated carbocycles. The van der Waals surface area contributed by atoms with Crippen LogP contribution in [-0.2, 0) is 10.0 Å². The molecule has 0 spiro atoms. The van der Waals surface area contributed by atoms with E-state index in [2.05, 4.69) is 15.9 Å². The molecule has 6 nitrogen and oxygen atoms in total. The zero-order chi connectivity index (χ0) is 25.0. The van der Waals surface area contributed by atoms with Crippen molar-refractivity contribution >= 4 is 55.1 Å². The number of carbonyl (C=O) groups is 2. The molecule has 0 aliphatic heterocycles. The summed E-state index contributed by atoms with van der Waals surface area (Å²) < 4.78 is 33.6. The van der Waals surface area contributed by atoms with Crippen molar-refractivity contribution in [3.8, 4) is 5.75 Å². The summed E-state index contributed by atoms with van der Waals surface area (Å²) in [5.41, 5.74) is 0.593. The Labute approximate surface area is 215 Å². The third kappa shape index (κ3) is 5.45. The molecular formula is C26H17BrClNO5S. The Bertz CT molecular complexity index is 1480. The minimum absolute atomic E-state index is 0.0557. The van der Waals surface area contributed by atoms with E-state index in [0.29, 0.717) is 14.9 Å². The fourth-order valence-electron chi connectivity index (χ4n) is 3.21. The normalized spacial score (nSPS) is 11.0. The molecule has 0 heterocycles. The monoisotopic (exact) mass is 569 g/mol. The molecule has 0 saturated heterocycles. The lowest BCUT2D eigenvalue weighted by atomic mass is 10.2. The third-order valence-electron chi connectivity index (χ3n) is 4.92. The van der Waals surface area contributed by atoms with Gasteiger partial charge in [-0.2, -0.15) is 4.31 Å². The van der Waals surface area contributed by atoms with Gasteiger partial charge in [-0.25, -0.2) is 13.2 Å². The highest BCUT2D eigenvalue weighted by Crippen LogP contribution is 2.34. The number of hydrogen-bond donors (Lipinski definition) is 0. The van der Waals surface area contributed by atoms with E-state index in [-0.39, 0.29) is 26.4 Å². The molecule has 1 amide bonds. The number of benzene rings is 4. The summed E-state index contributed by atoms with van der Waals surface area (Å²) in [6.07, 6.45) is 0. The van der Waals surface area contributed by atoms with Crippen molar-refractivity contribution < 1.29 is 22.7 Å². The maximum atomic E-state index is 13.6. The zero-order valence-electron chi connectivity index (χ0n) is 18.0. The fourth-order valence-corrected chi connectivity index (χ4v) is 5.19. The highest BCUT2D eigenvalue weighted by molar-refractivity contribution is 9.10. The molecule has 0 N–H and O–H groups in total. The second kappa shape index (κ2) is 10.4. The SMILES string of the molecule is O=C(Oc1ccc(N(C(=O)c2ccccc2)S(=O)(=O)c2ccc(Cl)cc2)cc1Br)c1ccccc1. The van der Waals surface area contributed by atoms with Crippen molar-refractivity contribution in [3.05, 3.63) is 124 Å². The molecule has 4 aromatic carbocycles. The lowest BCUT2D eigenvalue weighted by Gasteiger charge is -2.23. The van der Waals surface area contributed by atoms with E-state index in [9.17, 15) is 18.0 Å². The Balaban J connectivity index is 1.75. The van der Waals surface area contributed by atoms with Crippen LogP contribution in [0.5, 0.6) is 5.75 Å². The van der Waals surface area contributed by atoms with Crippen molar-refractivity contribution in [2.24, 2.45) is 0 Å². The van der Waals surface area contributed by atoms with Gasteiger partial charge in [-0.1, -0.05) is 48.0 Å². The first-order valence-corrected chi connectivity index (χ1v) is 12.9. The Kier molecular flexibility index (Phi) is 7.35. The lowest BCUT2D eigenvalue weighted by Crippen LogP contribution is -2.37. The second-order valence-electron chi connectivity index (χ2n) is 7.26. The van der Waals surface area contributed by atoms with Crippen LogP contribution in [0.15, 0.2) is 112 Å². The maximum Gasteiger partial charge on any atom is 0.343 e. The van der Waals surface area contributed by atoms with E-state index in [4.69, 9.17) is 16.3 Å². The van der Waals surface area contributed by atoms with Crippen LogP contribution in [0.4, 0.5) is 5.69 Å². The van der Waals surface area contributed by atoms with Gasteiger partial charge in [0.2, 0.25) is 0 Å². The summed E-state index contributed by atoms with van der Waals surface area (Å²) in [6.45, 7) is 0. The number of anilines is 1. The average Bonchev–Trinajstić information content (AvgIpc) is 2.87. The van der Waals surface area contributed by atoms with E-state index in [1.54, 1.807) is 48.5 Å². The summed E-state index contributed by atoms with van der Waals surface area (Å²) >= 11 is 9.24. The number of nitrogens with zero attached hydrogens (tertiary/aromatic N) is 1. The minimum atomic E-state index is -4.32. The molecule has 4 aromatic rings. The zero-order valence-corrected chi connectivity index (χ0v) is 21.1. The van der Waals surface area contributed by atoms with E-state index in [1.807, 2.05) is 0 Å². The number of ether oxygens (including phenoxy) is 1. The van der Waals surface area contributed by atoms with Crippen LogP contribution in [0.25, 0.3) is 0 Å². The maximum absolute atomic E-state index is 13.6. The van der Waals surface area contributed by atoms with Gasteiger partial charge < -0.3 is 4.74 Å². The molecule has 0 fully saturated rings. The van der Waals surface area contributed by atoms with Crippen molar-refractivity contribution in [1.29, 1.82) is 0 Å². The van der Waals surface area contributed by atoms with E-state index in [1.165, 1.54) is 54.6 Å². The highest BCUT2D eigenvalue weighted by Gasteiger charge is 2.32. The van der Waals surface area contributed by atoms with Crippen LogP contribution in [0, 0.1) is 0 Å². The number of rotatable bonds is 6. The largest absolute Gasteiger partial charge is 0.422 e. The van der Waals surface area contributed by atoms with Crippen LogP contribution in [0.1, 0.15) is 20.7 Å². The van der Waals surface area contributed by atoms with Crippen molar-refractivity contribution in [2.75, 3.05) is 4.31 Å². The number of sulfonamides is 1. The van der Waals surface area contributed by atoms with Crippen molar-refractivity contribution in [2.45, 2.75) is 4.90 Å². The first-order valence-electron chi connectivity index (χ1n) is 10.2. The lowest BCUT2D eigenvalue weighted by molar-refractivity contribution is 0.0733. The molecule has 9 heteroatoms. The summed E-state index contributed by atoms with van der Waals surface area (Å²) in [5, 5.41) is 0.359. The van der Waals surface area contributed by atoms with E-state index < -0.39 is 21.9 Å². The number of hydrogen-bond acceptors (Lipinski definition) is 5. The van der Waals surface area contributed by atoms with Crippen LogP contribution >= 0.6 is 27.5 Å². The number of amides is 1. The van der Waals surface area contributed by atoms with Gasteiger partial charge in [-0.3, -0.25) is 4.79 Å². The topological polar surface area (TPSA) is 80.8 Å². The van der Waals surface area contributed by atoms with Crippen molar-refractivity contribution in [3.63, 3.8) is 0 Å². The molecule has 35 heavy (non-hydrogen) atoms. The average molecular weight is 571 g/mol. The summed E-state index contributed by atoms with van der Waals surface area (Å²) in [6, 6.07) is 26.2. The standard InChI is InChI=1S/C26H17BrClNO5S/c27-23-17-21(13-16-24(23)34-26(31)19-9-5-2-6-10-19)29(25(30)18-7-3-1-4-8-18)35(32,33)22-14-11-20(28)12-15-22/h1-17H. The van der Waals surface area contributed by atoms with Gasteiger partial charge in [0.1, 0.15) is 5.75 Å². The van der Waals surface area contributed by atoms with Gasteiger partial charge >= 0.3 is 5.97 Å².